The van der Waals surface area contributed by atoms with Crippen molar-refractivity contribution in [2.75, 3.05) is 13.2 Å². The number of hydrogen-bond acceptors (Lipinski definition) is 12. The number of phosphoric ester groups is 1. The van der Waals surface area contributed by atoms with Crippen LogP contribution in [0.4, 0.5) is 0 Å². The zero-order chi connectivity index (χ0) is 48.5. The van der Waals surface area contributed by atoms with Crippen LogP contribution in [0.3, 0.4) is 0 Å². The second-order valence-electron chi connectivity index (χ2n) is 19.1. The molecule has 14 heteroatoms. The topological polar surface area (TPSA) is 210 Å². The number of esters is 2. The summed E-state index contributed by atoms with van der Waals surface area (Å²) >= 11 is 0. The third-order valence-corrected chi connectivity index (χ3v) is 13.8. The molecule has 6 N–H and O–H groups in total. The highest BCUT2D eigenvalue weighted by Crippen LogP contribution is 2.47. The highest BCUT2D eigenvalue weighted by Gasteiger charge is 2.51. The van der Waals surface area contributed by atoms with Gasteiger partial charge >= 0.3 is 19.8 Å². The molecule has 1 fully saturated rings. The number of carbonyl (C=O) groups excluding carboxylic acids is 2. The highest BCUT2D eigenvalue weighted by atomic mass is 31.2. The average molecular weight is 963 g/mol. The van der Waals surface area contributed by atoms with E-state index in [1.165, 1.54) is 161 Å². The van der Waals surface area contributed by atoms with Gasteiger partial charge in [-0.1, -0.05) is 212 Å². The van der Waals surface area contributed by atoms with Gasteiger partial charge < -0.3 is 39.9 Å². The Morgan fingerprint density at radius 1 is 0.455 bits per heavy atom. The summed E-state index contributed by atoms with van der Waals surface area (Å²) in [5.41, 5.74) is 0. The molecule has 13 nitrogen and oxygen atoms in total. The van der Waals surface area contributed by atoms with Crippen molar-refractivity contribution >= 4 is 19.8 Å². The molecular weight excluding hydrogens is 864 g/mol. The Labute approximate surface area is 401 Å². The lowest BCUT2D eigenvalue weighted by atomic mass is 9.85. The molecular formula is C52H99O13P. The van der Waals surface area contributed by atoms with Crippen LogP contribution in [-0.2, 0) is 32.7 Å². The van der Waals surface area contributed by atoms with Crippen LogP contribution in [0.5, 0.6) is 0 Å². The van der Waals surface area contributed by atoms with Crippen molar-refractivity contribution in [3.63, 3.8) is 0 Å². The summed E-state index contributed by atoms with van der Waals surface area (Å²) in [7, 11) is -5.12. The van der Waals surface area contributed by atoms with Crippen LogP contribution in [0.2, 0.25) is 0 Å². The van der Waals surface area contributed by atoms with E-state index in [0.29, 0.717) is 12.8 Å². The first-order valence-electron chi connectivity index (χ1n) is 27.0. The van der Waals surface area contributed by atoms with Gasteiger partial charge in [-0.15, -0.1) is 0 Å². The van der Waals surface area contributed by atoms with Gasteiger partial charge in [0.2, 0.25) is 0 Å². The van der Waals surface area contributed by atoms with Gasteiger partial charge in [0.1, 0.15) is 43.2 Å². The van der Waals surface area contributed by atoms with E-state index >= 15 is 0 Å². The number of phosphoric acid groups is 1. The molecule has 6 unspecified atom stereocenters. The first kappa shape index (κ1) is 62.6. The van der Waals surface area contributed by atoms with E-state index in [1.807, 2.05) is 0 Å². The molecule has 0 amide bonds. The molecule has 0 aliphatic heterocycles. The normalized spacial score (nSPS) is 21.3. The van der Waals surface area contributed by atoms with Crippen LogP contribution in [-0.4, -0.2) is 98.3 Å². The van der Waals surface area contributed by atoms with Crippen molar-refractivity contribution in [3.8, 4) is 0 Å². The third-order valence-electron chi connectivity index (χ3n) is 12.9. The SMILES string of the molecule is CCCCCCCCCC/C=C\CCCCCCCCCC(=O)OC[C@H](COP(=O)(O)OC1C(O)C(O)C(O)[C@@H](O)C1O)OC(=O)CCCCCCCCCCCCCCCCCCCC. The Hall–Kier alpha value is -1.41. The molecule has 1 aliphatic carbocycles. The van der Waals surface area contributed by atoms with Crippen LogP contribution in [0.15, 0.2) is 12.2 Å². The van der Waals surface area contributed by atoms with Gasteiger partial charge in [0, 0.05) is 12.8 Å². The summed E-state index contributed by atoms with van der Waals surface area (Å²) in [6, 6.07) is 0. The molecule has 0 aromatic rings. The van der Waals surface area contributed by atoms with E-state index in [4.69, 9.17) is 18.5 Å². The number of allylic oxidation sites excluding steroid dienone is 2. The minimum Gasteiger partial charge on any atom is -0.462 e. The van der Waals surface area contributed by atoms with Crippen molar-refractivity contribution in [3.05, 3.63) is 12.2 Å². The van der Waals surface area contributed by atoms with Gasteiger partial charge in [0.05, 0.1) is 6.61 Å². The Morgan fingerprint density at radius 2 is 0.773 bits per heavy atom. The predicted molar refractivity (Wildman–Crippen MR) is 263 cm³/mol. The highest BCUT2D eigenvalue weighted by molar-refractivity contribution is 7.47. The molecule has 0 heterocycles. The van der Waals surface area contributed by atoms with Crippen molar-refractivity contribution in [2.45, 2.75) is 294 Å². The smallest absolute Gasteiger partial charge is 0.462 e. The zero-order valence-electron chi connectivity index (χ0n) is 41.8. The lowest BCUT2D eigenvalue weighted by Gasteiger charge is -2.41. The fraction of sp³-hybridized carbons (Fsp3) is 0.923. The summed E-state index contributed by atoms with van der Waals surface area (Å²) in [6.07, 6.45) is 34.0. The van der Waals surface area contributed by atoms with E-state index in [2.05, 4.69) is 26.0 Å². The number of rotatable bonds is 46. The fourth-order valence-electron chi connectivity index (χ4n) is 8.52. The first-order chi connectivity index (χ1) is 31.9. The summed E-state index contributed by atoms with van der Waals surface area (Å²) in [6.45, 7) is 3.35. The van der Waals surface area contributed by atoms with Crippen molar-refractivity contribution in [1.82, 2.24) is 0 Å². The molecule has 1 aliphatic rings. The number of ether oxygens (including phenoxy) is 2. The van der Waals surface area contributed by atoms with Crippen LogP contribution in [0.1, 0.15) is 251 Å². The van der Waals surface area contributed by atoms with E-state index in [1.54, 1.807) is 0 Å². The molecule has 0 aromatic carbocycles. The maximum absolute atomic E-state index is 12.9. The molecule has 0 radical (unpaired) electrons. The van der Waals surface area contributed by atoms with Crippen molar-refractivity contribution < 1.29 is 63.1 Å². The molecule has 8 atom stereocenters. The molecule has 0 spiro atoms. The van der Waals surface area contributed by atoms with Gasteiger partial charge in [-0.25, -0.2) is 4.57 Å². The Bertz CT molecular complexity index is 1200. The standard InChI is InChI=1S/C52H99O13P/c1-3-5-7-9-11-13-15-17-19-21-23-25-26-28-30-32-34-36-38-40-45(53)62-42-44(43-63-66(60,61)65-52-50(58)48(56)47(55)49(57)51(52)59)64-46(54)41-39-37-35-33-31-29-27-24-22-20-18-16-14-12-10-8-6-4-2/h21,23,44,47-52,55-59H,3-20,22,24-43H2,1-2H3,(H,60,61)/b23-21-/t44-,47?,48-,49?,50?,51?,52?/m1/s1. The third kappa shape index (κ3) is 34.0. The number of carbonyl (C=O) groups is 2. The minimum absolute atomic E-state index is 0.102. The summed E-state index contributed by atoms with van der Waals surface area (Å²) in [4.78, 5) is 35.9. The molecule has 66 heavy (non-hydrogen) atoms. The minimum atomic E-state index is -5.12. The first-order valence-corrected chi connectivity index (χ1v) is 28.5. The quantitative estimate of drug-likeness (QED) is 0.0145. The number of aliphatic hydroxyl groups excluding tert-OH is 5. The lowest BCUT2D eigenvalue weighted by molar-refractivity contribution is -0.220. The number of unbranched alkanes of at least 4 members (excludes halogenated alkanes) is 32. The molecule has 0 aromatic heterocycles. The van der Waals surface area contributed by atoms with Crippen LogP contribution in [0, 0.1) is 0 Å². The van der Waals surface area contributed by atoms with Crippen LogP contribution in [0.25, 0.3) is 0 Å². The lowest BCUT2D eigenvalue weighted by Crippen LogP contribution is -2.64. The van der Waals surface area contributed by atoms with E-state index < -0.39 is 75.7 Å². The average Bonchev–Trinajstić information content (AvgIpc) is 3.30. The maximum Gasteiger partial charge on any atom is 0.472 e. The molecule has 1 rings (SSSR count). The van der Waals surface area contributed by atoms with Gasteiger partial charge in [0.15, 0.2) is 6.10 Å². The van der Waals surface area contributed by atoms with Gasteiger partial charge in [0.25, 0.3) is 0 Å². The summed E-state index contributed by atoms with van der Waals surface area (Å²) in [5.74, 6) is -1.09. The van der Waals surface area contributed by atoms with Gasteiger partial charge in [-0.3, -0.25) is 18.6 Å². The van der Waals surface area contributed by atoms with Gasteiger partial charge in [-0.05, 0) is 38.5 Å². The van der Waals surface area contributed by atoms with E-state index in [-0.39, 0.29) is 12.8 Å². The molecule has 390 valence electrons. The van der Waals surface area contributed by atoms with E-state index in [9.17, 15) is 44.6 Å². The summed E-state index contributed by atoms with van der Waals surface area (Å²) in [5, 5.41) is 50.3. The van der Waals surface area contributed by atoms with Gasteiger partial charge in [-0.2, -0.15) is 0 Å². The van der Waals surface area contributed by atoms with E-state index in [0.717, 1.165) is 51.4 Å². The molecule has 0 bridgehead atoms. The number of hydrogen-bond donors (Lipinski definition) is 6. The molecule has 0 saturated heterocycles. The largest absolute Gasteiger partial charge is 0.472 e. The predicted octanol–water partition coefficient (Wildman–Crippen LogP) is 11.8. The Morgan fingerprint density at radius 3 is 1.15 bits per heavy atom. The van der Waals surface area contributed by atoms with Crippen LogP contribution >= 0.6 is 7.82 Å². The Kier molecular flexibility index (Phi) is 40.3. The maximum atomic E-state index is 12.9. The van der Waals surface area contributed by atoms with Crippen molar-refractivity contribution in [2.24, 2.45) is 0 Å². The molecule has 1 saturated carbocycles. The second kappa shape index (κ2) is 42.5. The second-order valence-corrected chi connectivity index (χ2v) is 20.5. The monoisotopic (exact) mass is 963 g/mol. The fourth-order valence-corrected chi connectivity index (χ4v) is 9.49. The zero-order valence-corrected chi connectivity index (χ0v) is 42.7. The number of aliphatic hydroxyl groups is 5. The Balaban J connectivity index is 2.37. The summed E-state index contributed by atoms with van der Waals surface area (Å²) < 4.78 is 33.7. The van der Waals surface area contributed by atoms with Crippen LogP contribution < -0.4 is 0 Å². The van der Waals surface area contributed by atoms with Crippen molar-refractivity contribution in [1.29, 1.82) is 0 Å².